The molecule has 0 aliphatic carbocycles. The second kappa shape index (κ2) is 7.82. The van der Waals surface area contributed by atoms with E-state index in [2.05, 4.69) is 26.2 Å². The van der Waals surface area contributed by atoms with E-state index in [9.17, 15) is 4.39 Å². The molecule has 0 aliphatic heterocycles. The van der Waals surface area contributed by atoms with Crippen LogP contribution in [0.2, 0.25) is 0 Å². The third-order valence-corrected chi connectivity index (χ3v) is 4.99. The number of nitrogen functional groups attached to an aromatic ring is 1. The highest BCUT2D eigenvalue weighted by Crippen LogP contribution is 2.37. The SMILES string of the molecule is CCCC(CC)(CC)CN(NC)c1c(N)cc(C)c(F)c1C. The first-order chi connectivity index (χ1) is 10.4. The van der Waals surface area contributed by atoms with E-state index in [4.69, 9.17) is 5.73 Å². The maximum absolute atomic E-state index is 14.3. The number of rotatable bonds is 8. The van der Waals surface area contributed by atoms with E-state index in [0.29, 0.717) is 16.8 Å². The van der Waals surface area contributed by atoms with Gasteiger partial charge in [-0.25, -0.2) is 9.82 Å². The lowest BCUT2D eigenvalue weighted by Crippen LogP contribution is -2.44. The molecule has 0 atom stereocenters. The fraction of sp³-hybridized carbons (Fsp3) is 0.667. The fourth-order valence-electron chi connectivity index (χ4n) is 3.38. The molecule has 0 fully saturated rings. The van der Waals surface area contributed by atoms with Crippen LogP contribution < -0.4 is 16.2 Å². The zero-order valence-corrected chi connectivity index (χ0v) is 15.0. The minimum absolute atomic E-state index is 0.168. The number of anilines is 2. The average Bonchev–Trinajstić information content (AvgIpc) is 2.50. The van der Waals surface area contributed by atoms with Crippen molar-refractivity contribution in [3.8, 4) is 0 Å². The quantitative estimate of drug-likeness (QED) is 0.546. The van der Waals surface area contributed by atoms with Gasteiger partial charge in [0, 0.05) is 19.2 Å². The van der Waals surface area contributed by atoms with Gasteiger partial charge in [0.2, 0.25) is 0 Å². The van der Waals surface area contributed by atoms with Crippen molar-refractivity contribution in [1.82, 2.24) is 5.43 Å². The molecule has 0 radical (unpaired) electrons. The van der Waals surface area contributed by atoms with Gasteiger partial charge in [-0.05, 0) is 50.2 Å². The summed E-state index contributed by atoms with van der Waals surface area (Å²) < 4.78 is 14.3. The molecule has 1 aromatic carbocycles. The molecular formula is C18H32FN3. The molecule has 3 N–H and O–H groups in total. The largest absolute Gasteiger partial charge is 0.397 e. The lowest BCUT2D eigenvalue weighted by molar-refractivity contribution is 0.235. The van der Waals surface area contributed by atoms with Crippen LogP contribution in [-0.4, -0.2) is 13.6 Å². The molecule has 1 aromatic rings. The first kappa shape index (κ1) is 18.8. The van der Waals surface area contributed by atoms with E-state index < -0.39 is 0 Å². The Morgan fingerprint density at radius 3 is 2.27 bits per heavy atom. The van der Waals surface area contributed by atoms with Gasteiger partial charge in [0.15, 0.2) is 0 Å². The highest BCUT2D eigenvalue weighted by Gasteiger charge is 2.29. The summed E-state index contributed by atoms with van der Waals surface area (Å²) in [7, 11) is 1.87. The summed E-state index contributed by atoms with van der Waals surface area (Å²) in [5.41, 5.74) is 12.2. The van der Waals surface area contributed by atoms with Gasteiger partial charge in [0.05, 0.1) is 11.4 Å². The molecule has 4 heteroatoms. The summed E-state index contributed by atoms with van der Waals surface area (Å²) in [4.78, 5) is 0. The van der Waals surface area contributed by atoms with Crippen molar-refractivity contribution in [2.45, 2.75) is 60.3 Å². The normalized spacial score (nSPS) is 11.8. The molecule has 0 bridgehead atoms. The number of hydrogen-bond acceptors (Lipinski definition) is 3. The molecule has 0 aromatic heterocycles. The predicted octanol–water partition coefficient (Wildman–Crippen LogP) is 4.57. The Kier molecular flexibility index (Phi) is 6.66. The lowest BCUT2D eigenvalue weighted by atomic mass is 9.78. The molecule has 1 rings (SSSR count). The summed E-state index contributed by atoms with van der Waals surface area (Å²) in [6, 6.07) is 1.72. The van der Waals surface area contributed by atoms with Gasteiger partial charge < -0.3 is 10.7 Å². The molecule has 0 aliphatic rings. The fourth-order valence-corrected chi connectivity index (χ4v) is 3.38. The van der Waals surface area contributed by atoms with E-state index in [1.807, 2.05) is 12.1 Å². The number of aryl methyl sites for hydroxylation is 1. The number of nitrogens with two attached hydrogens (primary N) is 1. The second-order valence-electron chi connectivity index (χ2n) is 6.34. The minimum Gasteiger partial charge on any atom is -0.397 e. The number of hydrazine groups is 1. The van der Waals surface area contributed by atoms with E-state index in [0.717, 1.165) is 37.9 Å². The molecule has 0 heterocycles. The van der Waals surface area contributed by atoms with Crippen LogP contribution in [0.15, 0.2) is 6.07 Å². The molecule has 0 saturated heterocycles. The van der Waals surface area contributed by atoms with Crippen molar-refractivity contribution in [3.05, 3.63) is 23.0 Å². The summed E-state index contributed by atoms with van der Waals surface area (Å²) in [5, 5.41) is 2.02. The van der Waals surface area contributed by atoms with Crippen molar-refractivity contribution in [2.24, 2.45) is 5.41 Å². The van der Waals surface area contributed by atoms with Crippen LogP contribution in [0.3, 0.4) is 0 Å². The number of nitrogens with zero attached hydrogens (tertiary/aromatic N) is 1. The molecule has 0 saturated carbocycles. The van der Waals surface area contributed by atoms with Crippen LogP contribution in [0.1, 0.15) is 57.6 Å². The molecule has 0 unspecified atom stereocenters. The molecule has 0 amide bonds. The monoisotopic (exact) mass is 309 g/mol. The number of hydrogen-bond donors (Lipinski definition) is 2. The Labute approximate surface area is 135 Å². The van der Waals surface area contributed by atoms with Crippen LogP contribution >= 0.6 is 0 Å². The Morgan fingerprint density at radius 1 is 1.23 bits per heavy atom. The average molecular weight is 309 g/mol. The van der Waals surface area contributed by atoms with Crippen molar-refractivity contribution >= 4 is 11.4 Å². The van der Waals surface area contributed by atoms with Gasteiger partial charge in [0.1, 0.15) is 5.82 Å². The summed E-state index contributed by atoms with van der Waals surface area (Å²) in [5.74, 6) is -0.168. The summed E-state index contributed by atoms with van der Waals surface area (Å²) in [6.07, 6.45) is 4.51. The van der Waals surface area contributed by atoms with E-state index in [1.165, 1.54) is 0 Å². The van der Waals surface area contributed by atoms with Gasteiger partial charge in [-0.2, -0.15) is 0 Å². The number of nitrogens with one attached hydrogen (secondary N) is 1. The molecule has 126 valence electrons. The molecular weight excluding hydrogens is 277 g/mol. The molecule has 22 heavy (non-hydrogen) atoms. The molecule has 3 nitrogen and oxygen atoms in total. The standard InChI is InChI=1S/C18H32FN3/c1-7-10-18(8-2,9-3)12-22(21-6)17-14(5)16(19)13(4)11-15(17)20/h11,21H,7-10,12,20H2,1-6H3. The van der Waals surface area contributed by atoms with Crippen LogP contribution in [-0.2, 0) is 0 Å². The number of halogens is 1. The first-order valence-electron chi connectivity index (χ1n) is 8.35. The van der Waals surface area contributed by atoms with Crippen LogP contribution in [0.5, 0.6) is 0 Å². The van der Waals surface area contributed by atoms with Crippen LogP contribution in [0, 0.1) is 25.1 Å². The Balaban J connectivity index is 3.24. The van der Waals surface area contributed by atoms with Crippen molar-refractivity contribution in [2.75, 3.05) is 24.3 Å². The van der Waals surface area contributed by atoms with E-state index >= 15 is 0 Å². The first-order valence-corrected chi connectivity index (χ1v) is 8.35. The number of benzene rings is 1. The third-order valence-electron chi connectivity index (χ3n) is 4.99. The van der Waals surface area contributed by atoms with Gasteiger partial charge in [0.25, 0.3) is 0 Å². The van der Waals surface area contributed by atoms with Crippen molar-refractivity contribution in [3.63, 3.8) is 0 Å². The predicted molar refractivity (Wildman–Crippen MR) is 94.6 cm³/mol. The van der Waals surface area contributed by atoms with Crippen molar-refractivity contribution < 1.29 is 4.39 Å². The summed E-state index contributed by atoms with van der Waals surface area (Å²) >= 11 is 0. The topological polar surface area (TPSA) is 41.3 Å². The smallest absolute Gasteiger partial charge is 0.131 e. The van der Waals surface area contributed by atoms with Gasteiger partial charge >= 0.3 is 0 Å². The van der Waals surface area contributed by atoms with Crippen LogP contribution in [0.25, 0.3) is 0 Å². The Hall–Kier alpha value is -1.29. The van der Waals surface area contributed by atoms with E-state index in [1.54, 1.807) is 19.9 Å². The second-order valence-corrected chi connectivity index (χ2v) is 6.34. The molecule has 0 spiro atoms. The summed E-state index contributed by atoms with van der Waals surface area (Å²) in [6.45, 7) is 11.1. The van der Waals surface area contributed by atoms with Gasteiger partial charge in [-0.1, -0.05) is 27.2 Å². The minimum atomic E-state index is -0.168. The zero-order valence-electron chi connectivity index (χ0n) is 15.0. The van der Waals surface area contributed by atoms with Crippen molar-refractivity contribution in [1.29, 1.82) is 0 Å². The van der Waals surface area contributed by atoms with E-state index in [-0.39, 0.29) is 11.2 Å². The van der Waals surface area contributed by atoms with Crippen LogP contribution in [0.4, 0.5) is 15.8 Å². The zero-order chi connectivity index (χ0) is 16.9. The Morgan fingerprint density at radius 2 is 1.82 bits per heavy atom. The highest BCUT2D eigenvalue weighted by molar-refractivity contribution is 5.72. The van der Waals surface area contributed by atoms with Gasteiger partial charge in [-0.3, -0.25) is 0 Å². The highest BCUT2D eigenvalue weighted by atomic mass is 19.1. The lowest BCUT2D eigenvalue weighted by Gasteiger charge is -2.39. The third kappa shape index (κ3) is 3.72. The maximum atomic E-state index is 14.3. The van der Waals surface area contributed by atoms with Gasteiger partial charge in [-0.15, -0.1) is 0 Å². The Bertz CT molecular complexity index is 496. The maximum Gasteiger partial charge on any atom is 0.131 e.